The van der Waals surface area contributed by atoms with Crippen molar-refractivity contribution in [2.45, 2.75) is 0 Å². The summed E-state index contributed by atoms with van der Waals surface area (Å²) in [5.74, 6) is -0.298. The van der Waals surface area contributed by atoms with E-state index in [2.05, 4.69) is 4.37 Å². The van der Waals surface area contributed by atoms with Gasteiger partial charge in [0.25, 0.3) is 0 Å². The van der Waals surface area contributed by atoms with Gasteiger partial charge in [-0.2, -0.15) is 4.37 Å². The molecule has 0 atom stereocenters. The first-order valence-electron chi connectivity index (χ1n) is 5.72. The Morgan fingerprint density at radius 1 is 1.26 bits per heavy atom. The molecule has 0 aliphatic rings. The summed E-state index contributed by atoms with van der Waals surface area (Å²) in [6.07, 6.45) is 0. The minimum absolute atomic E-state index is 0.187. The molecule has 0 bridgehead atoms. The number of hydrogen-bond acceptors (Lipinski definition) is 8. The van der Waals surface area contributed by atoms with Crippen molar-refractivity contribution in [2.75, 3.05) is 58.3 Å². The van der Waals surface area contributed by atoms with E-state index in [1.807, 2.05) is 4.90 Å². The van der Waals surface area contributed by atoms with Crippen molar-refractivity contribution in [3.05, 3.63) is 5.56 Å². The number of carbonyl (C=O) groups is 1. The first kappa shape index (κ1) is 15.7. The Hall–Kier alpha value is -1.38. The predicted molar refractivity (Wildman–Crippen MR) is 73.8 cm³/mol. The Kier molecular flexibility index (Phi) is 6.54. The standard InChI is InChI=1S/C11H19N3O4S/c1-16-6-4-14(5-7-17-2)10-8(11(15)18-3)9(12)13-19-10/h4-7H2,1-3H3,(H2,12,13). The SMILES string of the molecule is COCCN(CCOC)c1snc(N)c1C(=O)OC. The lowest BCUT2D eigenvalue weighted by molar-refractivity contribution is 0.0602. The molecular weight excluding hydrogens is 270 g/mol. The monoisotopic (exact) mass is 289 g/mol. The maximum absolute atomic E-state index is 11.7. The van der Waals surface area contributed by atoms with Gasteiger partial charge in [-0.15, -0.1) is 0 Å². The number of nitrogens with zero attached hydrogens (tertiary/aromatic N) is 2. The van der Waals surface area contributed by atoms with Crippen LogP contribution in [-0.2, 0) is 14.2 Å². The fourth-order valence-corrected chi connectivity index (χ4v) is 2.37. The zero-order valence-electron chi connectivity index (χ0n) is 11.3. The van der Waals surface area contributed by atoms with Gasteiger partial charge in [-0.3, -0.25) is 0 Å². The van der Waals surface area contributed by atoms with Gasteiger partial charge in [0.1, 0.15) is 10.6 Å². The number of rotatable bonds is 8. The van der Waals surface area contributed by atoms with Crippen LogP contribution in [0.2, 0.25) is 0 Å². The lowest BCUT2D eigenvalue weighted by Gasteiger charge is -2.22. The maximum Gasteiger partial charge on any atom is 0.344 e. The van der Waals surface area contributed by atoms with E-state index in [1.54, 1.807) is 14.2 Å². The highest BCUT2D eigenvalue weighted by molar-refractivity contribution is 7.11. The highest BCUT2D eigenvalue weighted by atomic mass is 32.1. The fourth-order valence-electron chi connectivity index (χ4n) is 1.52. The van der Waals surface area contributed by atoms with E-state index in [4.69, 9.17) is 19.9 Å². The largest absolute Gasteiger partial charge is 0.465 e. The second-order valence-corrected chi connectivity index (χ2v) is 4.46. The Balaban J connectivity index is 2.96. The Bertz CT molecular complexity index is 403. The summed E-state index contributed by atoms with van der Waals surface area (Å²) in [6, 6.07) is 0. The summed E-state index contributed by atoms with van der Waals surface area (Å²) in [7, 11) is 4.56. The van der Waals surface area contributed by atoms with Gasteiger partial charge in [0.2, 0.25) is 0 Å². The molecular formula is C11H19N3O4S. The molecule has 1 heterocycles. The van der Waals surface area contributed by atoms with Gasteiger partial charge >= 0.3 is 5.97 Å². The smallest absolute Gasteiger partial charge is 0.344 e. The van der Waals surface area contributed by atoms with E-state index >= 15 is 0 Å². The van der Waals surface area contributed by atoms with E-state index in [9.17, 15) is 4.79 Å². The van der Waals surface area contributed by atoms with Gasteiger partial charge in [-0.05, 0) is 11.5 Å². The molecule has 0 amide bonds. The quantitative estimate of drug-likeness (QED) is 0.702. The number of aromatic nitrogens is 1. The van der Waals surface area contributed by atoms with Crippen LogP contribution in [-0.4, -0.2) is 58.0 Å². The molecule has 0 saturated carbocycles. The molecule has 0 aliphatic carbocycles. The van der Waals surface area contributed by atoms with Crippen molar-refractivity contribution >= 4 is 28.3 Å². The molecule has 0 unspecified atom stereocenters. The van der Waals surface area contributed by atoms with E-state index in [0.717, 1.165) is 0 Å². The first-order chi connectivity index (χ1) is 9.15. The maximum atomic E-state index is 11.7. The van der Waals surface area contributed by atoms with E-state index in [0.29, 0.717) is 36.9 Å². The second-order valence-electron chi connectivity index (χ2n) is 3.71. The van der Waals surface area contributed by atoms with Crippen LogP contribution < -0.4 is 10.6 Å². The molecule has 0 saturated heterocycles. The minimum Gasteiger partial charge on any atom is -0.465 e. The highest BCUT2D eigenvalue weighted by Gasteiger charge is 2.24. The van der Waals surface area contributed by atoms with Crippen molar-refractivity contribution in [3.63, 3.8) is 0 Å². The van der Waals surface area contributed by atoms with Crippen molar-refractivity contribution in [1.82, 2.24) is 4.37 Å². The molecule has 8 heteroatoms. The molecule has 1 aromatic rings. The third-order valence-electron chi connectivity index (χ3n) is 2.51. The fraction of sp³-hybridized carbons (Fsp3) is 0.636. The van der Waals surface area contributed by atoms with E-state index in [-0.39, 0.29) is 5.82 Å². The molecule has 108 valence electrons. The van der Waals surface area contributed by atoms with Crippen LogP contribution in [0.25, 0.3) is 0 Å². The first-order valence-corrected chi connectivity index (χ1v) is 6.49. The lowest BCUT2D eigenvalue weighted by atomic mass is 10.3. The molecule has 0 aromatic carbocycles. The topological polar surface area (TPSA) is 86.9 Å². The number of nitrogen functional groups attached to an aromatic ring is 1. The molecule has 0 radical (unpaired) electrons. The number of esters is 1. The van der Waals surface area contributed by atoms with Crippen LogP contribution in [0.15, 0.2) is 0 Å². The average Bonchev–Trinajstić information content (AvgIpc) is 2.80. The van der Waals surface area contributed by atoms with Crippen molar-refractivity contribution in [2.24, 2.45) is 0 Å². The van der Waals surface area contributed by atoms with Crippen molar-refractivity contribution in [1.29, 1.82) is 0 Å². The van der Waals surface area contributed by atoms with Crippen LogP contribution >= 0.6 is 11.5 Å². The van der Waals surface area contributed by atoms with Gasteiger partial charge in [0, 0.05) is 27.3 Å². The Morgan fingerprint density at radius 3 is 2.32 bits per heavy atom. The van der Waals surface area contributed by atoms with Crippen LogP contribution in [0.1, 0.15) is 10.4 Å². The van der Waals surface area contributed by atoms with E-state index in [1.165, 1.54) is 18.6 Å². The average molecular weight is 289 g/mol. The number of nitrogens with two attached hydrogens (primary N) is 1. The minimum atomic E-state index is -0.485. The summed E-state index contributed by atoms with van der Waals surface area (Å²) >= 11 is 1.17. The summed E-state index contributed by atoms with van der Waals surface area (Å²) in [4.78, 5) is 13.7. The molecule has 0 fully saturated rings. The highest BCUT2D eigenvalue weighted by Crippen LogP contribution is 2.31. The molecule has 1 rings (SSSR count). The molecule has 1 aromatic heterocycles. The molecule has 7 nitrogen and oxygen atoms in total. The summed E-state index contributed by atoms with van der Waals surface area (Å²) < 4.78 is 18.9. The third-order valence-corrected chi connectivity index (χ3v) is 3.43. The summed E-state index contributed by atoms with van der Waals surface area (Å²) in [5.41, 5.74) is 6.03. The van der Waals surface area contributed by atoms with Crippen molar-refractivity contribution < 1.29 is 19.0 Å². The van der Waals surface area contributed by atoms with Gasteiger partial charge in [0.15, 0.2) is 5.82 Å². The molecule has 19 heavy (non-hydrogen) atoms. The van der Waals surface area contributed by atoms with Crippen LogP contribution in [0.5, 0.6) is 0 Å². The van der Waals surface area contributed by atoms with Crippen LogP contribution in [0.4, 0.5) is 10.8 Å². The number of methoxy groups -OCH3 is 3. The van der Waals surface area contributed by atoms with Gasteiger partial charge in [0.05, 0.1) is 20.3 Å². The van der Waals surface area contributed by atoms with Crippen LogP contribution in [0.3, 0.4) is 0 Å². The van der Waals surface area contributed by atoms with Gasteiger partial charge in [-0.25, -0.2) is 4.79 Å². The Labute approximate surface area is 116 Å². The molecule has 0 aliphatic heterocycles. The number of hydrogen-bond donors (Lipinski definition) is 1. The number of ether oxygens (including phenoxy) is 3. The van der Waals surface area contributed by atoms with E-state index < -0.39 is 5.97 Å². The number of anilines is 2. The third kappa shape index (κ3) is 4.05. The van der Waals surface area contributed by atoms with Crippen molar-refractivity contribution in [3.8, 4) is 0 Å². The number of carbonyl (C=O) groups excluding carboxylic acids is 1. The normalized spacial score (nSPS) is 10.5. The zero-order chi connectivity index (χ0) is 14.3. The second kappa shape index (κ2) is 7.93. The van der Waals surface area contributed by atoms with Gasteiger partial charge < -0.3 is 24.8 Å². The molecule has 0 spiro atoms. The Morgan fingerprint density at radius 2 is 1.84 bits per heavy atom. The summed E-state index contributed by atoms with van der Waals surface area (Å²) in [6.45, 7) is 2.29. The molecule has 2 N–H and O–H groups in total. The van der Waals surface area contributed by atoms with Crippen LogP contribution in [0, 0.1) is 0 Å². The lowest BCUT2D eigenvalue weighted by Crippen LogP contribution is -2.31. The zero-order valence-corrected chi connectivity index (χ0v) is 12.2. The predicted octanol–water partition coefficient (Wildman–Crippen LogP) is 0.611. The summed E-state index contributed by atoms with van der Waals surface area (Å²) in [5, 5.41) is 0.679. The van der Waals surface area contributed by atoms with Gasteiger partial charge in [-0.1, -0.05) is 0 Å².